The quantitative estimate of drug-likeness (QED) is 0.507. The first-order valence-corrected chi connectivity index (χ1v) is 10.2. The fourth-order valence-corrected chi connectivity index (χ4v) is 3.59. The van der Waals surface area contributed by atoms with Gasteiger partial charge in [0.25, 0.3) is 0 Å². The standard InChI is InChI=1S/C25H29NO4/c1-7-29-19-10-8-18(9-11-19)22-14-30-25-17(5)24(28-6)20(13-21(22)25)16(4)12-23(27)26-15(2)3/h8-15H,7H2,1-6H3,(H,26,27)/b16-12+. The van der Waals surface area contributed by atoms with Crippen LogP contribution in [0, 0.1) is 6.92 Å². The fourth-order valence-electron chi connectivity index (χ4n) is 3.59. The number of aryl methyl sites for hydroxylation is 1. The highest BCUT2D eigenvalue weighted by Gasteiger charge is 2.19. The number of methoxy groups -OCH3 is 1. The van der Waals surface area contributed by atoms with Gasteiger partial charge in [0.15, 0.2) is 0 Å². The largest absolute Gasteiger partial charge is 0.496 e. The zero-order chi connectivity index (χ0) is 21.8. The van der Waals surface area contributed by atoms with Crippen molar-refractivity contribution in [3.8, 4) is 22.6 Å². The summed E-state index contributed by atoms with van der Waals surface area (Å²) in [5.74, 6) is 1.42. The first kappa shape index (κ1) is 21.5. The molecule has 5 nitrogen and oxygen atoms in total. The number of benzene rings is 2. The zero-order valence-corrected chi connectivity index (χ0v) is 18.5. The average Bonchev–Trinajstić information content (AvgIpc) is 3.12. The van der Waals surface area contributed by atoms with Crippen LogP contribution in [0.5, 0.6) is 11.5 Å². The van der Waals surface area contributed by atoms with Crippen LogP contribution in [-0.2, 0) is 4.79 Å². The second kappa shape index (κ2) is 9.08. The van der Waals surface area contributed by atoms with Crippen molar-refractivity contribution in [1.29, 1.82) is 0 Å². The molecule has 0 spiro atoms. The van der Waals surface area contributed by atoms with Crippen molar-refractivity contribution in [3.63, 3.8) is 0 Å². The van der Waals surface area contributed by atoms with Crippen LogP contribution in [-0.4, -0.2) is 25.7 Å². The van der Waals surface area contributed by atoms with Crippen LogP contribution in [0.1, 0.15) is 38.8 Å². The summed E-state index contributed by atoms with van der Waals surface area (Å²) >= 11 is 0. The van der Waals surface area contributed by atoms with Crippen molar-refractivity contribution in [2.45, 2.75) is 40.7 Å². The van der Waals surface area contributed by atoms with E-state index in [4.69, 9.17) is 13.9 Å². The molecule has 1 aromatic heterocycles. The first-order chi connectivity index (χ1) is 14.3. The predicted molar refractivity (Wildman–Crippen MR) is 121 cm³/mol. The molecule has 0 aliphatic carbocycles. The van der Waals surface area contributed by atoms with Gasteiger partial charge < -0.3 is 19.2 Å². The molecule has 158 valence electrons. The van der Waals surface area contributed by atoms with Crippen molar-refractivity contribution in [3.05, 3.63) is 53.8 Å². The maximum absolute atomic E-state index is 12.3. The highest BCUT2D eigenvalue weighted by Crippen LogP contribution is 2.40. The third-order valence-corrected chi connectivity index (χ3v) is 4.93. The Labute approximate surface area is 177 Å². The lowest BCUT2D eigenvalue weighted by Crippen LogP contribution is -2.28. The predicted octanol–water partition coefficient (Wildman–Crippen LogP) is 5.74. The number of hydrogen-bond acceptors (Lipinski definition) is 4. The van der Waals surface area contributed by atoms with Crippen molar-refractivity contribution in [2.24, 2.45) is 0 Å². The minimum absolute atomic E-state index is 0.0767. The average molecular weight is 408 g/mol. The van der Waals surface area contributed by atoms with Crippen molar-refractivity contribution < 1.29 is 18.7 Å². The van der Waals surface area contributed by atoms with Gasteiger partial charge >= 0.3 is 0 Å². The van der Waals surface area contributed by atoms with Crippen LogP contribution >= 0.6 is 0 Å². The zero-order valence-electron chi connectivity index (χ0n) is 18.5. The Kier molecular flexibility index (Phi) is 6.50. The van der Waals surface area contributed by atoms with Gasteiger partial charge in [0.1, 0.15) is 17.1 Å². The number of rotatable bonds is 7. The molecule has 0 fully saturated rings. The Morgan fingerprint density at radius 3 is 2.53 bits per heavy atom. The number of fused-ring (bicyclic) bond motifs is 1. The normalized spacial score (nSPS) is 11.8. The molecule has 0 saturated carbocycles. The van der Waals surface area contributed by atoms with E-state index in [-0.39, 0.29) is 11.9 Å². The summed E-state index contributed by atoms with van der Waals surface area (Å²) in [5.41, 5.74) is 5.40. The molecule has 2 aromatic carbocycles. The molecule has 0 aliphatic rings. The van der Waals surface area contributed by atoms with Gasteiger partial charge in [-0.1, -0.05) is 12.1 Å². The van der Waals surface area contributed by atoms with Crippen LogP contribution in [0.25, 0.3) is 27.7 Å². The van der Waals surface area contributed by atoms with Crippen LogP contribution in [0.3, 0.4) is 0 Å². The third kappa shape index (κ3) is 4.35. The molecule has 0 bridgehead atoms. The van der Waals surface area contributed by atoms with Gasteiger partial charge in [0, 0.05) is 34.2 Å². The molecule has 3 rings (SSSR count). The monoisotopic (exact) mass is 407 g/mol. The number of carbonyl (C=O) groups is 1. The van der Waals surface area contributed by atoms with Gasteiger partial charge in [-0.3, -0.25) is 4.79 Å². The van der Waals surface area contributed by atoms with Crippen molar-refractivity contribution in [1.82, 2.24) is 5.32 Å². The number of hydrogen-bond donors (Lipinski definition) is 1. The topological polar surface area (TPSA) is 60.7 Å². The summed E-state index contributed by atoms with van der Waals surface area (Å²) < 4.78 is 17.1. The number of amides is 1. The molecule has 0 aliphatic heterocycles. The molecule has 0 unspecified atom stereocenters. The highest BCUT2D eigenvalue weighted by molar-refractivity contribution is 6.01. The molecule has 0 saturated heterocycles. The molecule has 0 radical (unpaired) electrons. The maximum Gasteiger partial charge on any atom is 0.244 e. The van der Waals surface area contributed by atoms with E-state index in [1.54, 1.807) is 19.4 Å². The second-order valence-corrected chi connectivity index (χ2v) is 7.56. The summed E-state index contributed by atoms with van der Waals surface area (Å²) in [5, 5.41) is 3.87. The lowest BCUT2D eigenvalue weighted by atomic mass is 9.96. The lowest BCUT2D eigenvalue weighted by molar-refractivity contribution is -0.116. The lowest BCUT2D eigenvalue weighted by Gasteiger charge is -2.14. The number of carbonyl (C=O) groups excluding carboxylic acids is 1. The first-order valence-electron chi connectivity index (χ1n) is 10.2. The second-order valence-electron chi connectivity index (χ2n) is 7.56. The Morgan fingerprint density at radius 1 is 1.23 bits per heavy atom. The molecular weight excluding hydrogens is 378 g/mol. The molecule has 3 aromatic rings. The fraction of sp³-hybridized carbons (Fsp3) is 0.320. The van der Waals surface area contributed by atoms with E-state index in [0.717, 1.165) is 44.5 Å². The van der Waals surface area contributed by atoms with E-state index >= 15 is 0 Å². The van der Waals surface area contributed by atoms with Crippen LogP contribution in [0.2, 0.25) is 0 Å². The Balaban J connectivity index is 2.11. The summed E-state index contributed by atoms with van der Waals surface area (Å²) in [6.07, 6.45) is 3.38. The number of allylic oxidation sites excluding steroid dienone is 1. The number of ether oxygens (including phenoxy) is 2. The summed E-state index contributed by atoms with van der Waals surface area (Å²) in [6, 6.07) is 10.1. The van der Waals surface area contributed by atoms with E-state index < -0.39 is 0 Å². The highest BCUT2D eigenvalue weighted by atomic mass is 16.5. The van der Waals surface area contributed by atoms with E-state index in [1.807, 2.05) is 65.0 Å². The third-order valence-electron chi connectivity index (χ3n) is 4.93. The minimum atomic E-state index is -0.124. The van der Waals surface area contributed by atoms with Crippen molar-refractivity contribution in [2.75, 3.05) is 13.7 Å². The van der Waals surface area contributed by atoms with E-state index in [9.17, 15) is 4.79 Å². The van der Waals surface area contributed by atoms with E-state index in [0.29, 0.717) is 12.4 Å². The van der Waals surface area contributed by atoms with Gasteiger partial charge in [0.2, 0.25) is 5.91 Å². The Hall–Kier alpha value is -3.21. The van der Waals surface area contributed by atoms with Gasteiger partial charge in [-0.05, 0) is 64.0 Å². The van der Waals surface area contributed by atoms with Crippen LogP contribution in [0.4, 0.5) is 0 Å². The van der Waals surface area contributed by atoms with Crippen LogP contribution < -0.4 is 14.8 Å². The summed E-state index contributed by atoms with van der Waals surface area (Å²) in [6.45, 7) is 10.4. The minimum Gasteiger partial charge on any atom is -0.496 e. The molecule has 0 atom stereocenters. The molecule has 1 N–H and O–H groups in total. The molecule has 1 heterocycles. The molecule has 5 heteroatoms. The Bertz CT molecular complexity index is 1070. The summed E-state index contributed by atoms with van der Waals surface area (Å²) in [4.78, 5) is 12.3. The van der Waals surface area contributed by atoms with Gasteiger partial charge in [0.05, 0.1) is 20.0 Å². The molecule has 1 amide bonds. The molecular formula is C25H29NO4. The smallest absolute Gasteiger partial charge is 0.244 e. The number of furan rings is 1. The van der Waals surface area contributed by atoms with E-state index in [1.165, 1.54) is 0 Å². The SMILES string of the molecule is CCOc1ccc(-c2coc3c(C)c(OC)c(/C(C)=C/C(=O)NC(C)C)cc23)cc1. The van der Waals surface area contributed by atoms with Gasteiger partial charge in [-0.25, -0.2) is 0 Å². The van der Waals surface area contributed by atoms with Crippen molar-refractivity contribution >= 4 is 22.4 Å². The summed E-state index contributed by atoms with van der Waals surface area (Å²) in [7, 11) is 1.63. The van der Waals surface area contributed by atoms with Gasteiger partial charge in [-0.2, -0.15) is 0 Å². The van der Waals surface area contributed by atoms with E-state index in [2.05, 4.69) is 5.32 Å². The number of nitrogens with one attached hydrogen (secondary N) is 1. The Morgan fingerprint density at radius 2 is 1.93 bits per heavy atom. The van der Waals surface area contributed by atoms with Gasteiger partial charge in [-0.15, -0.1) is 0 Å². The molecule has 30 heavy (non-hydrogen) atoms. The van der Waals surface area contributed by atoms with Crippen LogP contribution in [0.15, 0.2) is 47.1 Å². The maximum atomic E-state index is 12.3.